The molecule has 0 spiro atoms. The molecule has 1 aliphatic heterocycles. The van der Waals surface area contributed by atoms with E-state index in [2.05, 4.69) is 15.4 Å². The van der Waals surface area contributed by atoms with Crippen molar-refractivity contribution in [1.82, 2.24) is 20.1 Å². The van der Waals surface area contributed by atoms with Crippen molar-refractivity contribution in [2.75, 3.05) is 13.2 Å². The maximum atomic E-state index is 9.83. The second-order valence-corrected chi connectivity index (χ2v) is 5.77. The normalized spacial score (nSPS) is 21.4. The fraction of sp³-hybridized carbons (Fsp3) is 0.500. The molecule has 0 amide bonds. The summed E-state index contributed by atoms with van der Waals surface area (Å²) >= 11 is 0. The van der Waals surface area contributed by atoms with E-state index >= 15 is 0 Å². The number of hydrogen-bond donors (Lipinski definition) is 2. The number of ether oxygens (including phenoxy) is 1. The summed E-state index contributed by atoms with van der Waals surface area (Å²) in [6, 6.07) is 5.51. The van der Waals surface area contributed by atoms with Gasteiger partial charge >= 0.3 is 0 Å². The summed E-state index contributed by atoms with van der Waals surface area (Å²) in [5.41, 5.74) is 2.71. The van der Waals surface area contributed by atoms with E-state index in [1.54, 1.807) is 12.3 Å². The fourth-order valence-corrected chi connectivity index (χ4v) is 2.94. The maximum Gasteiger partial charge on any atom is 0.138 e. The first kappa shape index (κ1) is 15.0. The van der Waals surface area contributed by atoms with Gasteiger partial charge in [-0.2, -0.15) is 5.10 Å². The van der Waals surface area contributed by atoms with E-state index in [9.17, 15) is 5.11 Å². The topological polar surface area (TPSA) is 72.2 Å². The Kier molecular flexibility index (Phi) is 4.40. The maximum absolute atomic E-state index is 9.83. The Labute approximate surface area is 130 Å². The summed E-state index contributed by atoms with van der Waals surface area (Å²) in [5.74, 6) is 0.645. The molecule has 1 fully saturated rings. The molecule has 2 aromatic rings. The van der Waals surface area contributed by atoms with Gasteiger partial charge < -0.3 is 15.2 Å². The summed E-state index contributed by atoms with van der Waals surface area (Å²) in [6.07, 6.45) is 2.91. The third-order valence-electron chi connectivity index (χ3n) is 4.15. The van der Waals surface area contributed by atoms with E-state index in [1.165, 1.54) is 0 Å². The molecule has 0 aromatic carbocycles. The molecule has 22 heavy (non-hydrogen) atoms. The smallest absolute Gasteiger partial charge is 0.138 e. The van der Waals surface area contributed by atoms with Gasteiger partial charge in [-0.1, -0.05) is 0 Å². The minimum Gasteiger partial charge on any atom is -0.506 e. The summed E-state index contributed by atoms with van der Waals surface area (Å²) in [6.45, 7) is 4.08. The molecule has 2 N–H and O–H groups in total. The Balaban J connectivity index is 1.59. The minimum absolute atomic E-state index is 0.0825. The first-order valence-corrected chi connectivity index (χ1v) is 7.61. The molecular formula is C16H22N4O2. The van der Waals surface area contributed by atoms with Crippen molar-refractivity contribution in [3.05, 3.63) is 41.5 Å². The molecule has 118 valence electrons. The lowest BCUT2D eigenvalue weighted by atomic mass is 9.99. The summed E-state index contributed by atoms with van der Waals surface area (Å²) < 4.78 is 7.74. The standard InChI is InChI=1S/C16H22N4O2/c1-11-3-4-15(21)13(19-11)10-17-9-12-6-8-22-16(12)14-5-7-18-20(14)2/h3-5,7,12,16-17,21H,6,8-10H2,1-2H3/t12-,16+/m0/s1. The van der Waals surface area contributed by atoms with Gasteiger partial charge in [0, 0.05) is 44.6 Å². The highest BCUT2D eigenvalue weighted by Gasteiger charge is 2.31. The average molecular weight is 302 g/mol. The molecule has 1 saturated heterocycles. The molecule has 6 nitrogen and oxygen atoms in total. The second-order valence-electron chi connectivity index (χ2n) is 5.77. The number of aromatic hydroxyl groups is 1. The van der Waals surface area contributed by atoms with Crippen LogP contribution in [0, 0.1) is 12.8 Å². The van der Waals surface area contributed by atoms with Crippen molar-refractivity contribution < 1.29 is 9.84 Å². The molecule has 0 unspecified atom stereocenters. The van der Waals surface area contributed by atoms with E-state index in [1.807, 2.05) is 30.8 Å². The number of pyridine rings is 1. The lowest BCUT2D eigenvalue weighted by molar-refractivity contribution is 0.0837. The Morgan fingerprint density at radius 2 is 2.27 bits per heavy atom. The van der Waals surface area contributed by atoms with Crippen LogP contribution in [0.5, 0.6) is 5.75 Å². The summed E-state index contributed by atoms with van der Waals surface area (Å²) in [5, 5.41) is 17.4. The van der Waals surface area contributed by atoms with Gasteiger partial charge in [0.15, 0.2) is 0 Å². The van der Waals surface area contributed by atoms with Crippen LogP contribution in [0.4, 0.5) is 0 Å². The Bertz CT molecular complexity index is 641. The quantitative estimate of drug-likeness (QED) is 0.879. The lowest BCUT2D eigenvalue weighted by Crippen LogP contribution is -2.26. The molecule has 3 heterocycles. The third kappa shape index (κ3) is 3.13. The van der Waals surface area contributed by atoms with Crippen LogP contribution in [-0.4, -0.2) is 33.0 Å². The van der Waals surface area contributed by atoms with Crippen molar-refractivity contribution in [2.24, 2.45) is 13.0 Å². The van der Waals surface area contributed by atoms with Gasteiger partial charge in [0.25, 0.3) is 0 Å². The number of rotatable bonds is 5. The molecule has 3 rings (SSSR count). The Morgan fingerprint density at radius 1 is 1.41 bits per heavy atom. The first-order chi connectivity index (χ1) is 10.6. The highest BCUT2D eigenvalue weighted by Crippen LogP contribution is 2.33. The van der Waals surface area contributed by atoms with Crippen LogP contribution in [0.15, 0.2) is 24.4 Å². The third-order valence-corrected chi connectivity index (χ3v) is 4.15. The zero-order valence-electron chi connectivity index (χ0n) is 13.0. The summed E-state index contributed by atoms with van der Waals surface area (Å²) in [4.78, 5) is 4.36. The monoisotopic (exact) mass is 302 g/mol. The molecule has 0 radical (unpaired) electrons. The second kappa shape index (κ2) is 6.46. The highest BCUT2D eigenvalue weighted by atomic mass is 16.5. The van der Waals surface area contributed by atoms with Gasteiger partial charge in [-0.05, 0) is 31.5 Å². The van der Waals surface area contributed by atoms with Gasteiger partial charge in [0.05, 0.1) is 11.4 Å². The van der Waals surface area contributed by atoms with Crippen molar-refractivity contribution in [1.29, 1.82) is 0 Å². The molecule has 0 aliphatic carbocycles. The lowest BCUT2D eigenvalue weighted by Gasteiger charge is -2.19. The largest absolute Gasteiger partial charge is 0.506 e. The number of hydrogen-bond acceptors (Lipinski definition) is 5. The van der Waals surface area contributed by atoms with Crippen LogP contribution in [0.2, 0.25) is 0 Å². The van der Waals surface area contributed by atoms with E-state index < -0.39 is 0 Å². The minimum atomic E-state index is 0.0825. The van der Waals surface area contributed by atoms with Crippen LogP contribution in [0.25, 0.3) is 0 Å². The molecule has 2 aromatic heterocycles. The molecular weight excluding hydrogens is 280 g/mol. The van der Waals surface area contributed by atoms with Crippen LogP contribution in [0.1, 0.15) is 29.6 Å². The zero-order chi connectivity index (χ0) is 15.5. The predicted molar refractivity (Wildman–Crippen MR) is 82.4 cm³/mol. The van der Waals surface area contributed by atoms with Gasteiger partial charge in [-0.3, -0.25) is 9.67 Å². The van der Waals surface area contributed by atoms with Gasteiger partial charge in [0.2, 0.25) is 0 Å². The Hall–Kier alpha value is -1.92. The number of nitrogens with one attached hydrogen (secondary N) is 1. The van der Waals surface area contributed by atoms with Gasteiger partial charge in [-0.25, -0.2) is 0 Å². The molecule has 2 atom stereocenters. The van der Waals surface area contributed by atoms with Crippen LogP contribution >= 0.6 is 0 Å². The van der Waals surface area contributed by atoms with Crippen LogP contribution < -0.4 is 5.32 Å². The van der Waals surface area contributed by atoms with Crippen molar-refractivity contribution in [2.45, 2.75) is 26.0 Å². The van der Waals surface area contributed by atoms with Crippen LogP contribution in [0.3, 0.4) is 0 Å². The van der Waals surface area contributed by atoms with Crippen molar-refractivity contribution in [3.8, 4) is 5.75 Å². The van der Waals surface area contributed by atoms with E-state index in [-0.39, 0.29) is 11.9 Å². The molecule has 1 aliphatic rings. The van der Waals surface area contributed by atoms with Crippen molar-refractivity contribution >= 4 is 0 Å². The zero-order valence-corrected chi connectivity index (χ0v) is 13.0. The molecule has 0 bridgehead atoms. The van der Waals surface area contributed by atoms with Gasteiger partial charge in [-0.15, -0.1) is 0 Å². The number of aryl methyl sites for hydroxylation is 2. The van der Waals surface area contributed by atoms with Gasteiger partial charge in [0.1, 0.15) is 11.9 Å². The predicted octanol–water partition coefficient (Wildman–Crippen LogP) is 1.70. The Morgan fingerprint density at radius 3 is 3.05 bits per heavy atom. The first-order valence-electron chi connectivity index (χ1n) is 7.61. The van der Waals surface area contributed by atoms with Crippen LogP contribution in [-0.2, 0) is 18.3 Å². The SMILES string of the molecule is Cc1ccc(O)c(CNC[C@@H]2CCO[C@H]2c2ccnn2C)n1. The molecule has 0 saturated carbocycles. The van der Waals surface area contributed by atoms with E-state index in [0.29, 0.717) is 18.2 Å². The van der Waals surface area contributed by atoms with Crippen molar-refractivity contribution in [3.63, 3.8) is 0 Å². The van der Waals surface area contributed by atoms with E-state index in [0.717, 1.165) is 31.0 Å². The fourth-order valence-electron chi connectivity index (χ4n) is 2.94. The summed E-state index contributed by atoms with van der Waals surface area (Å²) in [7, 11) is 1.94. The number of aromatic nitrogens is 3. The average Bonchev–Trinajstić information content (AvgIpc) is 3.11. The molecule has 6 heteroatoms. The number of nitrogens with zero attached hydrogens (tertiary/aromatic N) is 3. The van der Waals surface area contributed by atoms with E-state index in [4.69, 9.17) is 4.74 Å². The highest BCUT2D eigenvalue weighted by molar-refractivity contribution is 5.27.